The summed E-state index contributed by atoms with van der Waals surface area (Å²) in [5.74, 6) is -3.17. The first kappa shape index (κ1) is 65.4. The molecule has 3 N–H and O–H groups in total. The lowest BCUT2D eigenvalue weighted by Gasteiger charge is -2.40. The fraction of sp³-hybridized carbons (Fsp3) is 0.763. The van der Waals surface area contributed by atoms with Crippen LogP contribution in [0, 0.1) is 0 Å². The Hall–Kier alpha value is -3.58. The summed E-state index contributed by atoms with van der Waals surface area (Å²) in [7, 11) is 0. The predicted molar refractivity (Wildman–Crippen MR) is 285 cm³/mol. The molecule has 1 aliphatic heterocycles. The molecule has 0 bridgehead atoms. The first-order chi connectivity index (χ1) is 34.6. The number of unbranched alkanes of at least 4 members (excludes halogenated alkanes) is 23. The number of aliphatic carboxylic acids is 1. The van der Waals surface area contributed by atoms with E-state index in [1.54, 1.807) is 0 Å². The molecule has 6 atom stereocenters. The molecule has 0 aliphatic carbocycles. The monoisotopic (exact) mass is 1000 g/mol. The number of rotatable bonds is 47. The van der Waals surface area contributed by atoms with Gasteiger partial charge in [0, 0.05) is 19.3 Å². The van der Waals surface area contributed by atoms with E-state index < -0.39 is 67.3 Å². The zero-order valence-electron chi connectivity index (χ0n) is 44.7. The van der Waals surface area contributed by atoms with E-state index in [9.17, 15) is 34.5 Å². The van der Waals surface area contributed by atoms with Gasteiger partial charge in [0.2, 0.25) is 0 Å². The van der Waals surface area contributed by atoms with E-state index in [1.807, 2.05) is 0 Å². The third-order valence-corrected chi connectivity index (χ3v) is 12.5. The largest absolute Gasteiger partial charge is 0.479 e. The molecular formula is C59H100O12. The molecule has 1 rings (SSSR count). The van der Waals surface area contributed by atoms with E-state index in [-0.39, 0.29) is 25.9 Å². The number of allylic oxidation sites excluding steroid dienone is 10. The van der Waals surface area contributed by atoms with Crippen molar-refractivity contribution < 1.29 is 58.2 Å². The Morgan fingerprint density at radius 3 is 1.42 bits per heavy atom. The summed E-state index contributed by atoms with van der Waals surface area (Å²) in [6.07, 6.45) is 44.9. The number of carbonyl (C=O) groups excluding carboxylic acids is 3. The Morgan fingerprint density at radius 1 is 0.479 bits per heavy atom. The number of carbonyl (C=O) groups is 4. The van der Waals surface area contributed by atoms with Crippen LogP contribution in [0.4, 0.5) is 0 Å². The SMILES string of the molecule is CC/C=C\C/C=C\C/C=C\CCCCCC(=O)OCC(COC1OC(C(=O)O)C(O)C(O)C1OC(=O)CCCCCCCCC/C=C\CCCCCCCC)OC(=O)CCCCCCC/C=C\CCCC. The van der Waals surface area contributed by atoms with Gasteiger partial charge >= 0.3 is 23.9 Å². The zero-order valence-corrected chi connectivity index (χ0v) is 44.7. The van der Waals surface area contributed by atoms with Gasteiger partial charge in [-0.2, -0.15) is 0 Å². The first-order valence-corrected chi connectivity index (χ1v) is 28.3. The number of carboxylic acid groups (broad SMARTS) is 1. The maximum Gasteiger partial charge on any atom is 0.335 e. The van der Waals surface area contributed by atoms with Crippen LogP contribution in [0.5, 0.6) is 0 Å². The van der Waals surface area contributed by atoms with Gasteiger partial charge in [-0.15, -0.1) is 0 Å². The molecule has 0 aromatic rings. The Kier molecular flexibility index (Phi) is 43.7. The van der Waals surface area contributed by atoms with Crippen molar-refractivity contribution in [1.82, 2.24) is 0 Å². The highest BCUT2D eigenvalue weighted by molar-refractivity contribution is 5.74. The van der Waals surface area contributed by atoms with Gasteiger partial charge in [-0.3, -0.25) is 14.4 Å². The molecule has 1 fully saturated rings. The second-order valence-electron chi connectivity index (χ2n) is 19.2. The summed E-state index contributed by atoms with van der Waals surface area (Å²) in [4.78, 5) is 50.9. The molecule has 6 unspecified atom stereocenters. The van der Waals surface area contributed by atoms with E-state index in [1.165, 1.54) is 70.6 Å². The average molecular weight is 1000 g/mol. The van der Waals surface area contributed by atoms with Gasteiger partial charge in [0.05, 0.1) is 6.61 Å². The number of aliphatic hydroxyl groups excluding tert-OH is 2. The minimum Gasteiger partial charge on any atom is -0.479 e. The smallest absolute Gasteiger partial charge is 0.335 e. The second-order valence-corrected chi connectivity index (χ2v) is 19.2. The molecule has 0 spiro atoms. The molecule has 12 heteroatoms. The number of hydrogen-bond acceptors (Lipinski definition) is 11. The lowest BCUT2D eigenvalue weighted by molar-refractivity contribution is -0.301. The first-order valence-electron chi connectivity index (χ1n) is 28.3. The van der Waals surface area contributed by atoms with E-state index in [0.717, 1.165) is 109 Å². The van der Waals surface area contributed by atoms with Crippen LogP contribution in [0.25, 0.3) is 0 Å². The maximum atomic E-state index is 13.1. The molecule has 1 saturated heterocycles. The highest BCUT2D eigenvalue weighted by atomic mass is 16.7. The van der Waals surface area contributed by atoms with E-state index >= 15 is 0 Å². The lowest BCUT2D eigenvalue weighted by atomic mass is 9.98. The molecule has 1 heterocycles. The molecule has 0 aromatic carbocycles. The van der Waals surface area contributed by atoms with Crippen molar-refractivity contribution >= 4 is 23.9 Å². The quantitative estimate of drug-likeness (QED) is 0.0228. The van der Waals surface area contributed by atoms with Crippen LogP contribution < -0.4 is 0 Å². The van der Waals surface area contributed by atoms with Crippen molar-refractivity contribution in [3.63, 3.8) is 0 Å². The predicted octanol–water partition coefficient (Wildman–Crippen LogP) is 14.0. The van der Waals surface area contributed by atoms with Gasteiger partial charge in [-0.1, -0.05) is 184 Å². The van der Waals surface area contributed by atoms with E-state index in [4.69, 9.17) is 23.7 Å². The summed E-state index contributed by atoms with van der Waals surface area (Å²) in [5.41, 5.74) is 0. The minimum absolute atomic E-state index is 0.0514. The van der Waals surface area contributed by atoms with Crippen molar-refractivity contribution in [2.75, 3.05) is 13.2 Å². The van der Waals surface area contributed by atoms with Gasteiger partial charge in [0.15, 0.2) is 24.6 Å². The standard InChI is InChI=1S/C59H100O12/c1-4-7-10-13-16-19-22-24-25-26-27-29-32-35-38-41-44-47-53(62)70-57-55(64)54(63)56(58(65)66)71-59(57)68-49-50(69-52(61)46-43-40-37-34-30-21-18-15-12-9-6-3)48-67-51(60)45-42-39-36-33-31-28-23-20-17-14-11-8-5-2/h8,11,15,17-18,20,24-25,28,31,50,54-57,59,63-64H,4-7,9-10,12-14,16,19,21-23,26-27,29-30,32-49H2,1-3H3,(H,65,66)/b11-8-,18-15-,20-17-,25-24-,31-28-. The van der Waals surface area contributed by atoms with E-state index in [2.05, 4.69) is 81.5 Å². The van der Waals surface area contributed by atoms with Crippen LogP contribution in [-0.2, 0) is 42.9 Å². The molecule has 0 radical (unpaired) electrons. The minimum atomic E-state index is -1.91. The van der Waals surface area contributed by atoms with Crippen LogP contribution in [0.2, 0.25) is 0 Å². The normalized spacial score (nSPS) is 18.9. The van der Waals surface area contributed by atoms with Gasteiger partial charge in [0.25, 0.3) is 0 Å². The van der Waals surface area contributed by atoms with Crippen molar-refractivity contribution in [2.45, 2.75) is 276 Å². The third kappa shape index (κ3) is 37.8. The highest BCUT2D eigenvalue weighted by Crippen LogP contribution is 2.26. The van der Waals surface area contributed by atoms with Gasteiger partial charge in [0.1, 0.15) is 18.8 Å². The summed E-state index contributed by atoms with van der Waals surface area (Å²) < 4.78 is 28.3. The third-order valence-electron chi connectivity index (χ3n) is 12.5. The van der Waals surface area contributed by atoms with Crippen LogP contribution in [0.3, 0.4) is 0 Å². The molecule has 408 valence electrons. The van der Waals surface area contributed by atoms with Crippen molar-refractivity contribution in [3.05, 3.63) is 60.8 Å². The molecule has 12 nitrogen and oxygen atoms in total. The Labute approximate surface area is 430 Å². The van der Waals surface area contributed by atoms with Gasteiger partial charge in [-0.25, -0.2) is 4.79 Å². The second kappa shape index (κ2) is 47.4. The van der Waals surface area contributed by atoms with Crippen LogP contribution in [-0.4, -0.2) is 89.2 Å². The molecule has 0 saturated carbocycles. The summed E-state index contributed by atoms with van der Waals surface area (Å²) in [6.45, 7) is 5.79. The summed E-state index contributed by atoms with van der Waals surface area (Å²) in [6, 6.07) is 0. The Morgan fingerprint density at radius 2 is 0.901 bits per heavy atom. The Balaban J connectivity index is 2.70. The van der Waals surface area contributed by atoms with Crippen molar-refractivity contribution in [3.8, 4) is 0 Å². The lowest BCUT2D eigenvalue weighted by Crippen LogP contribution is -2.61. The molecular weight excluding hydrogens is 901 g/mol. The molecule has 0 aromatic heterocycles. The van der Waals surface area contributed by atoms with Crippen LogP contribution in [0.15, 0.2) is 60.8 Å². The van der Waals surface area contributed by atoms with Crippen LogP contribution >= 0.6 is 0 Å². The number of hydrogen-bond donors (Lipinski definition) is 3. The summed E-state index contributed by atoms with van der Waals surface area (Å²) >= 11 is 0. The number of aliphatic hydroxyl groups is 2. The number of ether oxygens (including phenoxy) is 5. The fourth-order valence-electron chi connectivity index (χ4n) is 8.18. The Bertz CT molecular complexity index is 1470. The molecule has 0 amide bonds. The summed E-state index contributed by atoms with van der Waals surface area (Å²) in [5, 5.41) is 31.4. The molecule has 71 heavy (non-hydrogen) atoms. The van der Waals surface area contributed by atoms with Crippen molar-refractivity contribution in [1.29, 1.82) is 0 Å². The van der Waals surface area contributed by atoms with Gasteiger partial charge < -0.3 is 39.0 Å². The number of esters is 3. The highest BCUT2D eigenvalue weighted by Gasteiger charge is 2.50. The maximum absolute atomic E-state index is 13.1. The zero-order chi connectivity index (χ0) is 51.8. The molecule has 1 aliphatic rings. The fourth-order valence-corrected chi connectivity index (χ4v) is 8.18. The average Bonchev–Trinajstić information content (AvgIpc) is 3.35. The van der Waals surface area contributed by atoms with Gasteiger partial charge in [-0.05, 0) is 96.3 Å². The van der Waals surface area contributed by atoms with Crippen LogP contribution in [0.1, 0.15) is 239 Å². The number of carboxylic acids is 1. The van der Waals surface area contributed by atoms with Crippen molar-refractivity contribution in [2.24, 2.45) is 0 Å². The topological polar surface area (TPSA) is 175 Å². The van der Waals surface area contributed by atoms with E-state index in [0.29, 0.717) is 19.3 Å².